The van der Waals surface area contributed by atoms with E-state index in [4.69, 9.17) is 27.9 Å². The van der Waals surface area contributed by atoms with Crippen LogP contribution in [0.15, 0.2) is 12.1 Å². The molecule has 1 aromatic rings. The summed E-state index contributed by atoms with van der Waals surface area (Å²) in [4.78, 5) is 4.16. The lowest BCUT2D eigenvalue weighted by Gasteiger charge is -2.21. The van der Waals surface area contributed by atoms with E-state index in [-0.39, 0.29) is 0 Å². The first kappa shape index (κ1) is 13.1. The Morgan fingerprint density at radius 2 is 1.94 bits per heavy atom. The first-order chi connectivity index (χ1) is 8.25. The van der Waals surface area contributed by atoms with Crippen LogP contribution in [0, 0.1) is 5.92 Å². The normalized spacial score (nSPS) is 17.3. The molecule has 0 radical (unpaired) electrons. The van der Waals surface area contributed by atoms with E-state index in [1.54, 1.807) is 12.1 Å². The Hall–Kier alpha value is -0.310. The number of nitrogens with zero attached hydrogens (tertiary/aromatic N) is 1. The molecule has 17 heavy (non-hydrogen) atoms. The van der Waals surface area contributed by atoms with Crippen molar-refractivity contribution >= 4 is 23.2 Å². The summed E-state index contributed by atoms with van der Waals surface area (Å²) >= 11 is 11.8. The van der Waals surface area contributed by atoms with Crippen molar-refractivity contribution in [2.75, 3.05) is 6.61 Å². The average Bonchev–Trinajstić information content (AvgIpc) is 2.35. The number of ether oxygens (including phenoxy) is 1. The fourth-order valence-corrected chi connectivity index (χ4v) is 2.56. The lowest BCUT2D eigenvalue weighted by molar-refractivity contribution is 0.0721. The fourth-order valence-electron chi connectivity index (χ4n) is 2.24. The van der Waals surface area contributed by atoms with Gasteiger partial charge in [0.25, 0.3) is 0 Å². The Kier molecular flexibility index (Phi) is 5.08. The molecule has 0 amide bonds. The zero-order valence-corrected chi connectivity index (χ0v) is 11.3. The van der Waals surface area contributed by atoms with E-state index in [9.17, 15) is 0 Å². The number of aromatic nitrogens is 1. The highest BCUT2D eigenvalue weighted by Gasteiger charge is 2.13. The summed E-state index contributed by atoms with van der Waals surface area (Å²) in [6.45, 7) is 1.26. The number of hydrogen-bond acceptors (Lipinski definition) is 2. The van der Waals surface area contributed by atoms with Crippen molar-refractivity contribution in [2.45, 2.75) is 38.7 Å². The van der Waals surface area contributed by atoms with Crippen LogP contribution in [0.1, 0.15) is 37.8 Å². The van der Waals surface area contributed by atoms with Crippen molar-refractivity contribution in [1.29, 1.82) is 0 Å². The molecule has 1 aromatic heterocycles. The van der Waals surface area contributed by atoms with Crippen LogP contribution in [0.5, 0.6) is 0 Å². The smallest absolute Gasteiger partial charge is 0.129 e. The molecule has 1 aliphatic rings. The summed E-state index contributed by atoms with van der Waals surface area (Å²) in [6.07, 6.45) is 6.62. The number of hydrogen-bond donors (Lipinski definition) is 0. The van der Waals surface area contributed by atoms with Crippen molar-refractivity contribution in [3.8, 4) is 0 Å². The van der Waals surface area contributed by atoms with E-state index in [1.807, 2.05) is 0 Å². The van der Waals surface area contributed by atoms with Gasteiger partial charge in [-0.2, -0.15) is 0 Å². The second-order valence-corrected chi connectivity index (χ2v) is 5.38. The Morgan fingerprint density at radius 1 is 1.18 bits per heavy atom. The van der Waals surface area contributed by atoms with Gasteiger partial charge in [-0.15, -0.1) is 0 Å². The predicted octanol–water partition coefficient (Wildman–Crippen LogP) is 4.49. The predicted molar refractivity (Wildman–Crippen MR) is 70.5 cm³/mol. The van der Waals surface area contributed by atoms with Gasteiger partial charge in [-0.3, -0.25) is 0 Å². The summed E-state index contributed by atoms with van der Waals surface area (Å²) in [7, 11) is 0. The summed E-state index contributed by atoms with van der Waals surface area (Å²) in [5.41, 5.74) is 0.731. The molecule has 4 heteroatoms. The minimum Gasteiger partial charge on any atom is -0.375 e. The third kappa shape index (κ3) is 4.13. The summed E-state index contributed by atoms with van der Waals surface area (Å²) < 4.78 is 5.69. The van der Waals surface area contributed by atoms with E-state index in [0.29, 0.717) is 22.7 Å². The molecule has 94 valence electrons. The van der Waals surface area contributed by atoms with Crippen LogP contribution in [-0.2, 0) is 11.3 Å². The van der Waals surface area contributed by atoms with E-state index in [1.165, 1.54) is 32.1 Å². The third-order valence-electron chi connectivity index (χ3n) is 3.20. The third-order valence-corrected chi connectivity index (χ3v) is 3.76. The molecule has 0 bridgehead atoms. The molecule has 0 saturated heterocycles. The standard InChI is InChI=1S/C13H17Cl2NO/c14-11-6-7-13(15)16-12(11)9-17-8-10-4-2-1-3-5-10/h6-7,10H,1-5,8-9H2. The van der Waals surface area contributed by atoms with Gasteiger partial charge in [-0.05, 0) is 30.9 Å². The molecule has 1 fully saturated rings. The molecule has 1 saturated carbocycles. The van der Waals surface area contributed by atoms with Crippen LogP contribution < -0.4 is 0 Å². The molecule has 0 unspecified atom stereocenters. The molecule has 0 N–H and O–H groups in total. The van der Waals surface area contributed by atoms with Crippen LogP contribution >= 0.6 is 23.2 Å². The highest BCUT2D eigenvalue weighted by atomic mass is 35.5. The molecular weight excluding hydrogens is 257 g/mol. The molecular formula is C13H17Cl2NO. The van der Waals surface area contributed by atoms with Crippen molar-refractivity contribution in [3.63, 3.8) is 0 Å². The fraction of sp³-hybridized carbons (Fsp3) is 0.615. The Morgan fingerprint density at radius 3 is 2.71 bits per heavy atom. The average molecular weight is 274 g/mol. The summed E-state index contributed by atoms with van der Waals surface area (Å²) in [5, 5.41) is 1.09. The summed E-state index contributed by atoms with van der Waals surface area (Å²) in [6, 6.07) is 3.45. The highest BCUT2D eigenvalue weighted by Crippen LogP contribution is 2.24. The largest absolute Gasteiger partial charge is 0.375 e. The maximum absolute atomic E-state index is 6.02. The van der Waals surface area contributed by atoms with E-state index in [0.717, 1.165) is 12.3 Å². The maximum atomic E-state index is 6.02. The van der Waals surface area contributed by atoms with E-state index in [2.05, 4.69) is 4.98 Å². The Labute approximate surface area is 112 Å². The van der Waals surface area contributed by atoms with Gasteiger partial charge < -0.3 is 4.74 Å². The molecule has 2 nitrogen and oxygen atoms in total. The van der Waals surface area contributed by atoms with Crippen LogP contribution in [0.3, 0.4) is 0 Å². The van der Waals surface area contributed by atoms with Gasteiger partial charge in [0, 0.05) is 6.61 Å². The van der Waals surface area contributed by atoms with Gasteiger partial charge in [0.15, 0.2) is 0 Å². The second kappa shape index (κ2) is 6.58. The van der Waals surface area contributed by atoms with E-state index < -0.39 is 0 Å². The Bertz CT molecular complexity index is 364. The number of pyridine rings is 1. The zero-order valence-electron chi connectivity index (χ0n) is 9.79. The van der Waals surface area contributed by atoms with Crippen molar-refractivity contribution in [3.05, 3.63) is 28.0 Å². The number of rotatable bonds is 4. The second-order valence-electron chi connectivity index (χ2n) is 4.58. The molecule has 2 rings (SSSR count). The molecule has 0 spiro atoms. The molecule has 0 aliphatic heterocycles. The molecule has 0 aromatic carbocycles. The molecule has 0 atom stereocenters. The van der Waals surface area contributed by atoms with Gasteiger partial charge in [-0.1, -0.05) is 42.5 Å². The van der Waals surface area contributed by atoms with Crippen LogP contribution in [-0.4, -0.2) is 11.6 Å². The molecule has 1 aliphatic carbocycles. The topological polar surface area (TPSA) is 22.1 Å². The minimum atomic E-state index is 0.454. The minimum absolute atomic E-state index is 0.454. The quantitative estimate of drug-likeness (QED) is 0.755. The summed E-state index contributed by atoms with van der Waals surface area (Å²) in [5.74, 6) is 0.710. The first-order valence-electron chi connectivity index (χ1n) is 6.14. The first-order valence-corrected chi connectivity index (χ1v) is 6.90. The van der Waals surface area contributed by atoms with Crippen LogP contribution in [0.4, 0.5) is 0 Å². The Balaban J connectivity index is 1.79. The van der Waals surface area contributed by atoms with E-state index >= 15 is 0 Å². The van der Waals surface area contributed by atoms with Gasteiger partial charge in [0.2, 0.25) is 0 Å². The lowest BCUT2D eigenvalue weighted by atomic mass is 9.90. The monoisotopic (exact) mass is 273 g/mol. The van der Waals surface area contributed by atoms with Crippen molar-refractivity contribution in [1.82, 2.24) is 4.98 Å². The van der Waals surface area contributed by atoms with Crippen LogP contribution in [0.25, 0.3) is 0 Å². The van der Waals surface area contributed by atoms with Gasteiger partial charge in [0.05, 0.1) is 17.3 Å². The highest BCUT2D eigenvalue weighted by molar-refractivity contribution is 6.32. The molecule has 1 heterocycles. The van der Waals surface area contributed by atoms with Gasteiger partial charge in [0.1, 0.15) is 5.15 Å². The van der Waals surface area contributed by atoms with Crippen LogP contribution in [0.2, 0.25) is 10.2 Å². The van der Waals surface area contributed by atoms with Gasteiger partial charge >= 0.3 is 0 Å². The van der Waals surface area contributed by atoms with Crippen molar-refractivity contribution < 1.29 is 4.74 Å². The zero-order chi connectivity index (χ0) is 12.1. The van der Waals surface area contributed by atoms with Crippen molar-refractivity contribution in [2.24, 2.45) is 5.92 Å². The lowest BCUT2D eigenvalue weighted by Crippen LogP contribution is -2.13. The SMILES string of the molecule is Clc1ccc(Cl)c(COCC2CCCCC2)n1. The maximum Gasteiger partial charge on any atom is 0.129 e. The number of halogens is 2. The van der Waals surface area contributed by atoms with Gasteiger partial charge in [-0.25, -0.2) is 4.98 Å².